The van der Waals surface area contributed by atoms with Crippen LogP contribution in [0.25, 0.3) is 0 Å². The van der Waals surface area contributed by atoms with Crippen molar-refractivity contribution in [3.05, 3.63) is 131 Å². The van der Waals surface area contributed by atoms with Crippen LogP contribution in [0.3, 0.4) is 0 Å². The maximum atomic E-state index is 11.9. The molecule has 0 bridgehead atoms. The number of benzene rings is 4. The number of rotatable bonds is 3. The predicted molar refractivity (Wildman–Crippen MR) is 364 cm³/mol. The molecule has 3 saturated heterocycles. The van der Waals surface area contributed by atoms with Gasteiger partial charge in [-0.25, -0.2) is 0 Å². The third-order valence-corrected chi connectivity index (χ3v) is 60.6. The summed E-state index contributed by atoms with van der Waals surface area (Å²) in [5.74, 6) is 12.6. The average Bonchev–Trinajstić information content (AvgIpc) is 3.27. The Balaban J connectivity index is 0.000000352. The van der Waals surface area contributed by atoms with E-state index in [1.54, 1.807) is 46.4 Å². The van der Waals surface area contributed by atoms with Gasteiger partial charge in [-0.1, -0.05) is 103 Å². The maximum absolute atomic E-state index is 11.9. The zero-order valence-corrected chi connectivity index (χ0v) is 69.6. The molecule has 3 aliphatic rings. The first-order chi connectivity index (χ1) is 36.9. The second-order valence-electron chi connectivity index (χ2n) is 22.2. The van der Waals surface area contributed by atoms with Crippen LogP contribution in [0.15, 0.2) is 109 Å². The quantitative estimate of drug-likeness (QED) is 0.113. The van der Waals surface area contributed by atoms with E-state index in [1.165, 1.54) is 5.19 Å². The van der Waals surface area contributed by atoms with Crippen molar-refractivity contribution in [2.45, 2.75) is 131 Å². The summed E-state index contributed by atoms with van der Waals surface area (Å²) in [6, 6.07) is 36.0. The number of halogens is 4. The molecule has 0 saturated carbocycles. The molecule has 0 atom stereocenters. The van der Waals surface area contributed by atoms with Gasteiger partial charge < -0.3 is 58.6 Å². The molecule has 4 aromatic rings. The van der Waals surface area contributed by atoms with E-state index < -0.39 is 119 Å². The van der Waals surface area contributed by atoms with Crippen molar-refractivity contribution in [2.24, 2.45) is 0 Å². The van der Waals surface area contributed by atoms with Gasteiger partial charge in [-0.05, 0) is 180 Å². The summed E-state index contributed by atoms with van der Waals surface area (Å²) in [7, 11) is -28.3. The van der Waals surface area contributed by atoms with Gasteiger partial charge in [0.1, 0.15) is 0 Å². The Morgan fingerprint density at radius 1 is 0.378 bits per heavy atom. The van der Waals surface area contributed by atoms with Crippen LogP contribution in [0.2, 0.25) is 131 Å². The normalized spacial score (nSPS) is 28.4. The van der Waals surface area contributed by atoms with Gasteiger partial charge in [0.25, 0.3) is 37.1 Å². The van der Waals surface area contributed by atoms with Gasteiger partial charge in [0, 0.05) is 29.4 Å². The van der Waals surface area contributed by atoms with E-state index in [-0.39, 0.29) is 18.9 Å². The first kappa shape index (κ1) is 78.3. The summed E-state index contributed by atoms with van der Waals surface area (Å²) < 4.78 is 74.9. The van der Waals surface area contributed by atoms with E-state index >= 15 is 0 Å². The molecule has 0 radical (unpaired) electrons. The molecule has 0 amide bonds. The number of hydrogen-bond acceptors (Lipinski definition) is 14. The summed E-state index contributed by atoms with van der Waals surface area (Å²) in [6.07, 6.45) is 0. The molecule has 14 nitrogen and oxygen atoms in total. The smallest absolute Gasteiger partial charge is 0.855 e. The third-order valence-electron chi connectivity index (χ3n) is 10.9. The molecule has 33 heteroatoms. The first-order valence-corrected chi connectivity index (χ1v) is 65.3. The first-order valence-electron chi connectivity index (χ1n) is 26.5. The van der Waals surface area contributed by atoms with Gasteiger partial charge in [-0.3, -0.25) is 0 Å². The Morgan fingerprint density at radius 2 is 0.598 bits per heavy atom. The van der Waals surface area contributed by atoms with Crippen molar-refractivity contribution in [1.82, 2.24) is 0 Å². The minimum atomic E-state index is -2.96. The van der Waals surface area contributed by atoms with E-state index in [4.69, 9.17) is 98.1 Å². The minimum Gasteiger partial charge on any atom is -0.855 e. The van der Waals surface area contributed by atoms with E-state index in [9.17, 15) is 4.80 Å². The molecule has 0 spiro atoms. The van der Waals surface area contributed by atoms with Crippen LogP contribution >= 0.6 is 44.3 Å². The van der Waals surface area contributed by atoms with Gasteiger partial charge in [0.15, 0.2) is 0 Å². The molecule has 3 heterocycles. The predicted octanol–water partition coefficient (Wildman–Crippen LogP) is 7.65. The minimum absolute atomic E-state index is 0. The van der Waals surface area contributed by atoms with Crippen LogP contribution in [0.5, 0.6) is 0 Å². The fraction of sp³-hybridized carbons (Fsp3) is 0.429. The largest absolute Gasteiger partial charge is 1.00 e. The topological polar surface area (TPSA) is 143 Å². The van der Waals surface area contributed by atoms with Crippen LogP contribution in [0, 0.1) is 23.7 Å². The van der Waals surface area contributed by atoms with Gasteiger partial charge in [-0.2, -0.15) is 0 Å². The molecule has 0 aromatic heterocycles. The van der Waals surface area contributed by atoms with Crippen molar-refractivity contribution in [3.63, 3.8) is 0 Å². The van der Waals surface area contributed by atoms with E-state index in [2.05, 4.69) is 113 Å². The van der Waals surface area contributed by atoms with Crippen molar-refractivity contribution in [1.29, 1.82) is 0 Å². The second-order valence-corrected chi connectivity index (χ2v) is 71.3. The van der Waals surface area contributed by atoms with Crippen LogP contribution in [-0.2, 0) is 53.8 Å². The third kappa shape index (κ3) is 32.1. The summed E-state index contributed by atoms with van der Waals surface area (Å²) in [4.78, 5) is 11.9. The van der Waals surface area contributed by atoms with E-state index in [1.807, 2.05) is 111 Å². The summed E-state index contributed by atoms with van der Waals surface area (Å²) >= 11 is 24.5. The van der Waals surface area contributed by atoms with Crippen molar-refractivity contribution < 1.29 is 77.5 Å². The second kappa shape index (κ2) is 33.3. The van der Waals surface area contributed by atoms with Crippen molar-refractivity contribution in [2.75, 3.05) is 7.11 Å². The van der Waals surface area contributed by atoms with E-state index in [0.717, 1.165) is 27.4 Å². The number of hydrogen-bond donors (Lipinski definition) is 0. The standard InChI is InChI=1S/C17H18OSi.C16H15OSi.C8H24O4Si4.C4H12Cl4O4Si4.C4H16O4Si4.Li/c1-18-19(2,3)17-13-11-16(12-14-17)10-9-15-7-5-4-6-8-15;1-18(2,17)16-12-10-15(11-13-16)9-8-14-6-4-3-5-7-14;1-13(2)9-14(3,4)11-16(7,8)12-15(5,6)10-13;1-13(5)9-14(2,6)11-16(4,8)12-15(3,7)10-13;1-9-5-10(2)7-12(4)8-11(3)6-9;/h4-8,11-14H,1-3H3;3-7,10-13H,1-2H3;1-8H3;1-4H3;9-12H,1-4H3;/q;-1;;;;+1. The Bertz CT molecular complexity index is 2460. The molecular formula is C49H85Cl4LiO14Si14. The van der Waals surface area contributed by atoms with Gasteiger partial charge in [0.05, 0.1) is 0 Å². The molecule has 0 aliphatic carbocycles. The zero-order valence-electron chi connectivity index (χ0n) is 51.9. The molecule has 4 aromatic carbocycles. The van der Waals surface area contributed by atoms with Gasteiger partial charge in [0.2, 0.25) is 8.32 Å². The summed E-state index contributed by atoms with van der Waals surface area (Å²) in [5, 5.41) is 2.22. The molecule has 82 heavy (non-hydrogen) atoms. The molecule has 450 valence electrons. The van der Waals surface area contributed by atoms with E-state index in [0.29, 0.717) is 0 Å². The van der Waals surface area contributed by atoms with Gasteiger partial charge in [-0.15, -0.1) is 44.3 Å². The Morgan fingerprint density at radius 3 is 0.817 bits per heavy atom. The van der Waals surface area contributed by atoms with Crippen LogP contribution < -0.4 is 34.0 Å². The average molecular weight is 1440 g/mol. The monoisotopic (exact) mass is 1440 g/mol. The van der Waals surface area contributed by atoms with Crippen LogP contribution in [-0.4, -0.2) is 127 Å². The molecule has 0 N–H and O–H groups in total. The molecule has 7 rings (SSSR count). The molecule has 3 fully saturated rings. The van der Waals surface area contributed by atoms with Crippen molar-refractivity contribution >= 4 is 174 Å². The molecule has 3 aliphatic heterocycles. The molecular weight excluding hydrogens is 1350 g/mol. The van der Waals surface area contributed by atoms with Crippen LogP contribution in [0.1, 0.15) is 22.3 Å². The summed E-state index contributed by atoms with van der Waals surface area (Å²) in [5.41, 5.74) is 4.02. The Hall–Kier alpha value is 0.234. The van der Waals surface area contributed by atoms with Crippen LogP contribution in [0.4, 0.5) is 0 Å². The Kier molecular flexibility index (Phi) is 31.9. The summed E-state index contributed by atoms with van der Waals surface area (Å²) in [6.45, 7) is 39.2. The van der Waals surface area contributed by atoms with Crippen molar-refractivity contribution in [3.8, 4) is 23.7 Å². The van der Waals surface area contributed by atoms with Gasteiger partial charge >= 0.3 is 84.6 Å². The molecule has 0 unspecified atom stereocenters. The fourth-order valence-electron chi connectivity index (χ4n) is 8.40. The maximum Gasteiger partial charge on any atom is 1.00 e. The fourth-order valence-corrected chi connectivity index (χ4v) is 68.3. The SMILES string of the molecule is CO[Si](C)(C)c1ccc(C#Cc2ccccc2)cc1.C[SiH]1O[SiH](C)O[SiH](C)O[SiH](C)O1.C[Si](C)([O-])c1ccc(C#Cc2ccccc2)cc1.C[Si]1(C)O[Si](C)(C)O[Si](C)(C)O[Si](C)(C)O1.C[Si]1(Cl)O[Si](C)(Cl)O[Si](C)(Cl)O[Si](C)(Cl)O1.[Li+]. The Labute approximate surface area is 539 Å². The zero-order chi connectivity index (χ0) is 61.5.